The first-order valence-electron chi connectivity index (χ1n) is 8.94. The number of methoxy groups -OCH3 is 2. The zero-order valence-corrected chi connectivity index (χ0v) is 17.7. The van der Waals surface area contributed by atoms with Gasteiger partial charge in [-0.2, -0.15) is 0 Å². The summed E-state index contributed by atoms with van der Waals surface area (Å²) in [5.41, 5.74) is 1.72. The summed E-state index contributed by atoms with van der Waals surface area (Å²) in [5.74, 6) is 0.704. The standard InChI is InChI=1S/C20H22ClN3O4S/c1-27-15-5-7-19(28-2)20(13-15)29(25,26)24-10-3-9-22-17-8-11-23-18-12-14(21)4-6-16(17)18/h4-8,11-13,24H,3,9-10H2,1-2H3,(H,22,23). The fourth-order valence-electron chi connectivity index (χ4n) is 2.87. The van der Waals surface area contributed by atoms with Gasteiger partial charge in [0.25, 0.3) is 0 Å². The van der Waals surface area contributed by atoms with Gasteiger partial charge in [0.1, 0.15) is 16.4 Å². The molecule has 9 heteroatoms. The molecule has 0 radical (unpaired) electrons. The van der Waals surface area contributed by atoms with Gasteiger partial charge in [0, 0.05) is 41.4 Å². The first-order chi connectivity index (χ1) is 13.9. The molecule has 0 atom stereocenters. The molecule has 2 N–H and O–H groups in total. The van der Waals surface area contributed by atoms with Crippen molar-refractivity contribution >= 4 is 38.2 Å². The van der Waals surface area contributed by atoms with Crippen LogP contribution in [0.5, 0.6) is 11.5 Å². The Hall–Kier alpha value is -2.55. The molecule has 0 aliphatic heterocycles. The van der Waals surface area contributed by atoms with Crippen LogP contribution in [0, 0.1) is 0 Å². The van der Waals surface area contributed by atoms with Gasteiger partial charge in [0.05, 0.1) is 19.7 Å². The van der Waals surface area contributed by atoms with Crippen LogP contribution in [-0.2, 0) is 10.0 Å². The Morgan fingerprint density at radius 2 is 1.86 bits per heavy atom. The molecular weight excluding hydrogens is 414 g/mol. The molecular formula is C20H22ClN3O4S. The van der Waals surface area contributed by atoms with Gasteiger partial charge in [0.15, 0.2) is 0 Å². The van der Waals surface area contributed by atoms with Crippen LogP contribution in [0.3, 0.4) is 0 Å². The third-order valence-electron chi connectivity index (χ3n) is 4.33. The molecule has 2 aromatic carbocycles. The van der Waals surface area contributed by atoms with Gasteiger partial charge >= 0.3 is 0 Å². The number of hydrogen-bond acceptors (Lipinski definition) is 6. The van der Waals surface area contributed by atoms with E-state index in [1.54, 1.807) is 24.4 Å². The van der Waals surface area contributed by atoms with E-state index in [0.29, 0.717) is 23.7 Å². The van der Waals surface area contributed by atoms with Crippen LogP contribution in [0.15, 0.2) is 53.6 Å². The molecule has 0 bridgehead atoms. The van der Waals surface area contributed by atoms with Gasteiger partial charge in [-0.1, -0.05) is 11.6 Å². The lowest BCUT2D eigenvalue weighted by Gasteiger charge is -2.13. The second-order valence-corrected chi connectivity index (χ2v) is 8.39. The van der Waals surface area contributed by atoms with Gasteiger partial charge in [0.2, 0.25) is 10.0 Å². The summed E-state index contributed by atoms with van der Waals surface area (Å²) in [5, 5.41) is 4.90. The molecule has 0 saturated heterocycles. The molecule has 0 aliphatic rings. The van der Waals surface area contributed by atoms with Crippen molar-refractivity contribution in [2.75, 3.05) is 32.6 Å². The number of halogens is 1. The molecule has 0 aliphatic carbocycles. The van der Waals surface area contributed by atoms with Crippen LogP contribution in [0.2, 0.25) is 5.02 Å². The number of hydrogen-bond donors (Lipinski definition) is 2. The van der Waals surface area contributed by atoms with Crippen molar-refractivity contribution < 1.29 is 17.9 Å². The minimum absolute atomic E-state index is 0.0457. The molecule has 0 fully saturated rings. The molecule has 3 rings (SSSR count). The monoisotopic (exact) mass is 435 g/mol. The maximum atomic E-state index is 12.6. The third kappa shape index (κ3) is 5.09. The van der Waals surface area contributed by atoms with E-state index >= 15 is 0 Å². The number of anilines is 1. The zero-order chi connectivity index (χ0) is 20.9. The third-order valence-corrected chi connectivity index (χ3v) is 6.04. The zero-order valence-electron chi connectivity index (χ0n) is 16.1. The summed E-state index contributed by atoms with van der Waals surface area (Å²) in [6.07, 6.45) is 2.29. The summed E-state index contributed by atoms with van der Waals surface area (Å²) >= 11 is 6.01. The Balaban J connectivity index is 1.60. The van der Waals surface area contributed by atoms with Crippen molar-refractivity contribution in [1.29, 1.82) is 0 Å². The van der Waals surface area contributed by atoms with E-state index in [4.69, 9.17) is 21.1 Å². The largest absolute Gasteiger partial charge is 0.497 e. The Kier molecular flexibility index (Phi) is 6.79. The highest BCUT2D eigenvalue weighted by molar-refractivity contribution is 7.89. The number of fused-ring (bicyclic) bond motifs is 1. The first kappa shape index (κ1) is 21.2. The lowest BCUT2D eigenvalue weighted by molar-refractivity contribution is 0.392. The number of benzene rings is 2. The van der Waals surface area contributed by atoms with Crippen molar-refractivity contribution in [3.63, 3.8) is 0 Å². The predicted octanol–water partition coefficient (Wildman–Crippen LogP) is 3.69. The van der Waals surface area contributed by atoms with Gasteiger partial charge in [-0.05, 0) is 42.8 Å². The Morgan fingerprint density at radius 3 is 2.62 bits per heavy atom. The molecule has 1 aromatic heterocycles. The van der Waals surface area contributed by atoms with Crippen LogP contribution >= 0.6 is 11.6 Å². The molecule has 29 heavy (non-hydrogen) atoms. The first-order valence-corrected chi connectivity index (χ1v) is 10.8. The average Bonchev–Trinajstić information content (AvgIpc) is 2.72. The van der Waals surface area contributed by atoms with Gasteiger partial charge in [-0.25, -0.2) is 13.1 Å². The smallest absolute Gasteiger partial charge is 0.244 e. The lowest BCUT2D eigenvalue weighted by atomic mass is 10.2. The molecule has 0 spiro atoms. The minimum atomic E-state index is -3.73. The molecule has 154 valence electrons. The number of nitrogens with zero attached hydrogens (tertiary/aromatic N) is 1. The number of pyridine rings is 1. The molecule has 3 aromatic rings. The number of aromatic nitrogens is 1. The minimum Gasteiger partial charge on any atom is -0.497 e. The Labute approximate surface area is 175 Å². The van der Waals surface area contributed by atoms with Crippen LogP contribution in [-0.4, -0.2) is 40.7 Å². The van der Waals surface area contributed by atoms with Gasteiger partial charge in [-0.15, -0.1) is 0 Å². The summed E-state index contributed by atoms with van der Waals surface area (Å²) in [7, 11) is -0.820. The predicted molar refractivity (Wildman–Crippen MR) is 115 cm³/mol. The van der Waals surface area contributed by atoms with E-state index in [0.717, 1.165) is 16.6 Å². The number of nitrogens with one attached hydrogen (secondary N) is 2. The van der Waals surface area contributed by atoms with E-state index in [2.05, 4.69) is 15.0 Å². The molecule has 0 saturated carbocycles. The van der Waals surface area contributed by atoms with Crippen molar-refractivity contribution in [2.45, 2.75) is 11.3 Å². The Morgan fingerprint density at radius 1 is 1.03 bits per heavy atom. The number of ether oxygens (including phenoxy) is 2. The average molecular weight is 436 g/mol. The fraction of sp³-hybridized carbons (Fsp3) is 0.250. The van der Waals surface area contributed by atoms with E-state index in [9.17, 15) is 8.42 Å². The van der Waals surface area contributed by atoms with Crippen molar-refractivity contribution in [3.8, 4) is 11.5 Å². The summed E-state index contributed by atoms with van der Waals surface area (Å²) in [6, 6.07) is 12.0. The van der Waals surface area contributed by atoms with E-state index < -0.39 is 10.0 Å². The molecule has 0 amide bonds. The molecule has 0 unspecified atom stereocenters. The normalized spacial score (nSPS) is 11.4. The second kappa shape index (κ2) is 9.30. The Bertz CT molecular complexity index is 1110. The highest BCUT2D eigenvalue weighted by atomic mass is 35.5. The molecule has 1 heterocycles. The highest BCUT2D eigenvalue weighted by Gasteiger charge is 2.20. The quantitative estimate of drug-likeness (QED) is 0.498. The van der Waals surface area contributed by atoms with E-state index in [1.807, 2.05) is 18.2 Å². The van der Waals surface area contributed by atoms with E-state index in [-0.39, 0.29) is 17.2 Å². The van der Waals surface area contributed by atoms with Crippen LogP contribution in [0.1, 0.15) is 6.42 Å². The summed E-state index contributed by atoms with van der Waals surface area (Å²) in [4.78, 5) is 4.35. The highest BCUT2D eigenvalue weighted by Crippen LogP contribution is 2.28. The second-order valence-electron chi connectivity index (χ2n) is 6.21. The van der Waals surface area contributed by atoms with Crippen LogP contribution in [0.4, 0.5) is 5.69 Å². The van der Waals surface area contributed by atoms with Gasteiger partial charge < -0.3 is 14.8 Å². The van der Waals surface area contributed by atoms with Crippen LogP contribution in [0.25, 0.3) is 10.9 Å². The number of sulfonamides is 1. The van der Waals surface area contributed by atoms with E-state index in [1.165, 1.54) is 20.3 Å². The molecule has 7 nitrogen and oxygen atoms in total. The van der Waals surface area contributed by atoms with Crippen LogP contribution < -0.4 is 19.5 Å². The SMILES string of the molecule is COc1ccc(OC)c(S(=O)(=O)NCCCNc2ccnc3cc(Cl)ccc23)c1. The van der Waals surface area contributed by atoms with Crippen molar-refractivity contribution in [2.24, 2.45) is 0 Å². The lowest BCUT2D eigenvalue weighted by Crippen LogP contribution is -2.26. The maximum absolute atomic E-state index is 12.6. The maximum Gasteiger partial charge on any atom is 0.244 e. The topological polar surface area (TPSA) is 89.5 Å². The number of rotatable bonds is 9. The fourth-order valence-corrected chi connectivity index (χ4v) is 4.29. The summed E-state index contributed by atoms with van der Waals surface area (Å²) in [6.45, 7) is 0.851. The van der Waals surface area contributed by atoms with Crippen molar-refractivity contribution in [1.82, 2.24) is 9.71 Å². The van der Waals surface area contributed by atoms with Crippen molar-refractivity contribution in [3.05, 3.63) is 53.7 Å². The summed E-state index contributed by atoms with van der Waals surface area (Å²) < 4.78 is 38.1. The van der Waals surface area contributed by atoms with Gasteiger partial charge in [-0.3, -0.25) is 4.98 Å².